The Morgan fingerprint density at radius 2 is 1.36 bits per heavy atom. The molecule has 0 aliphatic heterocycles. The summed E-state index contributed by atoms with van der Waals surface area (Å²) in [6.07, 6.45) is 17.4. The smallest absolute Gasteiger partial charge is 0.124 e. The van der Waals surface area contributed by atoms with Crippen LogP contribution >= 0.6 is 0 Å². The molecule has 0 amide bonds. The first-order valence-electron chi connectivity index (χ1n) is 10.8. The van der Waals surface area contributed by atoms with Crippen molar-refractivity contribution in [1.29, 1.82) is 0 Å². The largest absolute Gasteiger partial charge is 0.496 e. The Morgan fingerprint density at radius 1 is 0.760 bits per heavy atom. The first-order chi connectivity index (χ1) is 12.2. The third-order valence-corrected chi connectivity index (χ3v) is 4.75. The van der Waals surface area contributed by atoms with Gasteiger partial charge in [0.2, 0.25) is 0 Å². The number of hydrogen-bond donors (Lipinski definition) is 2. The van der Waals surface area contributed by atoms with E-state index >= 15 is 0 Å². The van der Waals surface area contributed by atoms with Gasteiger partial charge in [-0.2, -0.15) is 0 Å². The molecule has 0 rings (SSSR count). The third kappa shape index (κ3) is 15.4. The summed E-state index contributed by atoms with van der Waals surface area (Å²) >= 11 is 0. The predicted molar refractivity (Wildman–Crippen MR) is 108 cm³/mol. The Kier molecular flexibility index (Phi) is 17.9. The molecule has 2 N–H and O–H groups in total. The summed E-state index contributed by atoms with van der Waals surface area (Å²) in [5.74, 6) is 0. The highest BCUT2D eigenvalue weighted by atomic mass is 16.5. The van der Waals surface area contributed by atoms with Gasteiger partial charge in [-0.1, -0.05) is 72.1 Å². The topological polar surface area (TPSA) is 49.7 Å². The first-order valence-corrected chi connectivity index (χ1v) is 10.8. The normalized spacial score (nSPS) is 15.4. The zero-order valence-electron chi connectivity index (χ0n) is 17.1. The Bertz CT molecular complexity index is 291. The SMILES string of the molecule is CCCCC=COC(CCCCC)C(O)CC(O)CCCCCCC. The number of aliphatic hydroxyl groups is 2. The Morgan fingerprint density at radius 3 is 2.04 bits per heavy atom. The van der Waals surface area contributed by atoms with Crippen LogP contribution in [-0.2, 0) is 4.74 Å². The van der Waals surface area contributed by atoms with E-state index in [0.717, 1.165) is 44.9 Å². The predicted octanol–water partition coefficient (Wildman–Crippen LogP) is 6.13. The molecule has 0 aliphatic carbocycles. The molecule has 3 atom stereocenters. The zero-order valence-corrected chi connectivity index (χ0v) is 17.1. The summed E-state index contributed by atoms with van der Waals surface area (Å²) in [6, 6.07) is 0. The fraction of sp³-hybridized carbons (Fsp3) is 0.909. The second kappa shape index (κ2) is 18.3. The van der Waals surface area contributed by atoms with E-state index in [0.29, 0.717) is 6.42 Å². The van der Waals surface area contributed by atoms with Crippen molar-refractivity contribution >= 4 is 0 Å². The van der Waals surface area contributed by atoms with Crippen molar-refractivity contribution in [2.75, 3.05) is 0 Å². The molecule has 3 nitrogen and oxygen atoms in total. The fourth-order valence-corrected chi connectivity index (χ4v) is 3.03. The van der Waals surface area contributed by atoms with Gasteiger partial charge in [-0.25, -0.2) is 0 Å². The van der Waals surface area contributed by atoms with Crippen molar-refractivity contribution < 1.29 is 14.9 Å². The van der Waals surface area contributed by atoms with Gasteiger partial charge in [-0.05, 0) is 38.2 Å². The van der Waals surface area contributed by atoms with Crippen LogP contribution in [0.15, 0.2) is 12.3 Å². The first kappa shape index (κ1) is 24.5. The van der Waals surface area contributed by atoms with E-state index in [-0.39, 0.29) is 6.10 Å². The number of unbranched alkanes of at least 4 members (excludes halogenated alkanes) is 8. The molecule has 0 spiro atoms. The number of rotatable bonds is 18. The summed E-state index contributed by atoms with van der Waals surface area (Å²) in [5, 5.41) is 20.7. The second-order valence-electron chi connectivity index (χ2n) is 7.34. The Labute approximate surface area is 156 Å². The minimum atomic E-state index is -0.585. The van der Waals surface area contributed by atoms with E-state index in [2.05, 4.69) is 20.8 Å². The van der Waals surface area contributed by atoms with E-state index in [1.165, 1.54) is 38.5 Å². The molecule has 0 aliphatic rings. The summed E-state index contributed by atoms with van der Waals surface area (Å²) < 4.78 is 5.81. The van der Waals surface area contributed by atoms with Crippen molar-refractivity contribution in [2.24, 2.45) is 0 Å². The van der Waals surface area contributed by atoms with E-state index in [4.69, 9.17) is 4.74 Å². The molecule has 0 aromatic carbocycles. The monoisotopic (exact) mass is 356 g/mol. The molecule has 0 heterocycles. The van der Waals surface area contributed by atoms with Gasteiger partial charge < -0.3 is 14.9 Å². The molecule has 0 radical (unpaired) electrons. The van der Waals surface area contributed by atoms with Crippen molar-refractivity contribution in [3.8, 4) is 0 Å². The molecule has 0 fully saturated rings. The molecule has 25 heavy (non-hydrogen) atoms. The van der Waals surface area contributed by atoms with Crippen molar-refractivity contribution in [1.82, 2.24) is 0 Å². The maximum atomic E-state index is 10.5. The maximum absolute atomic E-state index is 10.5. The average Bonchev–Trinajstić information content (AvgIpc) is 2.59. The third-order valence-electron chi connectivity index (χ3n) is 4.75. The van der Waals surface area contributed by atoms with Crippen LogP contribution in [0.1, 0.15) is 111 Å². The highest BCUT2D eigenvalue weighted by molar-refractivity contribution is 4.79. The van der Waals surface area contributed by atoms with Crippen molar-refractivity contribution in [3.05, 3.63) is 12.3 Å². The van der Waals surface area contributed by atoms with Gasteiger partial charge in [0.05, 0.1) is 18.5 Å². The van der Waals surface area contributed by atoms with Crippen LogP contribution in [0.4, 0.5) is 0 Å². The van der Waals surface area contributed by atoms with Crippen LogP contribution in [0.25, 0.3) is 0 Å². The summed E-state index contributed by atoms with van der Waals surface area (Å²) in [6.45, 7) is 6.56. The molecular formula is C22H44O3. The Balaban J connectivity index is 4.19. The maximum Gasteiger partial charge on any atom is 0.124 e. The van der Waals surface area contributed by atoms with Crippen LogP contribution in [0.2, 0.25) is 0 Å². The van der Waals surface area contributed by atoms with Crippen LogP contribution in [0, 0.1) is 0 Å². The molecule has 0 saturated heterocycles. The van der Waals surface area contributed by atoms with Crippen molar-refractivity contribution in [2.45, 2.75) is 129 Å². The average molecular weight is 357 g/mol. The highest BCUT2D eigenvalue weighted by Crippen LogP contribution is 2.18. The minimum absolute atomic E-state index is 0.195. The standard InChI is InChI=1S/C22H44O3/c1-4-7-10-12-14-16-20(23)19-21(24)22(17-13-9-6-3)25-18-15-11-8-5-2/h15,18,20-24H,4-14,16-17,19H2,1-3H3. The molecule has 0 aromatic rings. The van der Waals surface area contributed by atoms with Crippen molar-refractivity contribution in [3.63, 3.8) is 0 Å². The fourth-order valence-electron chi connectivity index (χ4n) is 3.03. The summed E-state index contributed by atoms with van der Waals surface area (Å²) in [7, 11) is 0. The molecule has 0 saturated carbocycles. The molecule has 150 valence electrons. The Hall–Kier alpha value is -0.540. The summed E-state index contributed by atoms with van der Waals surface area (Å²) in [5.41, 5.74) is 0. The lowest BCUT2D eigenvalue weighted by Gasteiger charge is -2.24. The molecule has 3 heteroatoms. The zero-order chi connectivity index (χ0) is 18.8. The summed E-state index contributed by atoms with van der Waals surface area (Å²) in [4.78, 5) is 0. The van der Waals surface area contributed by atoms with Gasteiger partial charge >= 0.3 is 0 Å². The van der Waals surface area contributed by atoms with Gasteiger partial charge in [0.1, 0.15) is 6.10 Å². The van der Waals surface area contributed by atoms with Crippen LogP contribution in [-0.4, -0.2) is 28.5 Å². The van der Waals surface area contributed by atoms with Gasteiger partial charge in [-0.15, -0.1) is 0 Å². The quantitative estimate of drug-likeness (QED) is 0.229. The lowest BCUT2D eigenvalue weighted by Crippen LogP contribution is -2.31. The van der Waals surface area contributed by atoms with Crippen LogP contribution in [0.3, 0.4) is 0 Å². The van der Waals surface area contributed by atoms with Gasteiger partial charge in [0, 0.05) is 6.42 Å². The van der Waals surface area contributed by atoms with Gasteiger partial charge in [-0.3, -0.25) is 0 Å². The lowest BCUT2D eigenvalue weighted by atomic mass is 9.98. The van der Waals surface area contributed by atoms with E-state index < -0.39 is 12.2 Å². The van der Waals surface area contributed by atoms with Gasteiger partial charge in [0.25, 0.3) is 0 Å². The van der Waals surface area contributed by atoms with Crippen LogP contribution in [0.5, 0.6) is 0 Å². The highest BCUT2D eigenvalue weighted by Gasteiger charge is 2.22. The number of hydrogen-bond acceptors (Lipinski definition) is 3. The molecular weight excluding hydrogens is 312 g/mol. The molecule has 3 unspecified atom stereocenters. The molecule has 0 bridgehead atoms. The molecule has 0 aromatic heterocycles. The second-order valence-corrected chi connectivity index (χ2v) is 7.34. The number of ether oxygens (including phenoxy) is 1. The number of allylic oxidation sites excluding steroid dienone is 1. The van der Waals surface area contributed by atoms with Crippen LogP contribution < -0.4 is 0 Å². The van der Waals surface area contributed by atoms with Gasteiger partial charge in [0.15, 0.2) is 0 Å². The lowest BCUT2D eigenvalue weighted by molar-refractivity contribution is -0.0254. The minimum Gasteiger partial charge on any atom is -0.496 e. The van der Waals surface area contributed by atoms with E-state index in [1.807, 2.05) is 6.08 Å². The van der Waals surface area contributed by atoms with E-state index in [9.17, 15) is 10.2 Å². The number of aliphatic hydroxyl groups excluding tert-OH is 2. The van der Waals surface area contributed by atoms with E-state index in [1.54, 1.807) is 6.26 Å².